The fourth-order valence-corrected chi connectivity index (χ4v) is 2.33. The third-order valence-electron chi connectivity index (χ3n) is 3.02. The topological polar surface area (TPSA) is 80.4 Å². The van der Waals surface area contributed by atoms with E-state index in [0.29, 0.717) is 0 Å². The molecule has 84 valence electrons. The van der Waals surface area contributed by atoms with Crippen LogP contribution in [0.3, 0.4) is 0 Å². The summed E-state index contributed by atoms with van der Waals surface area (Å²) in [7, 11) is 0. The van der Waals surface area contributed by atoms with Crippen molar-refractivity contribution in [2.45, 2.75) is 17.4 Å². The molecule has 0 unspecified atom stereocenters. The van der Waals surface area contributed by atoms with Gasteiger partial charge in [0.1, 0.15) is 4.87 Å². The minimum absolute atomic E-state index is 0.171. The summed E-state index contributed by atoms with van der Waals surface area (Å²) in [6, 6.07) is 6.24. The fourth-order valence-electron chi connectivity index (χ4n) is 2.03. The monoisotopic (exact) mass is 239 g/mol. The minimum Gasteiger partial charge on any atom is -0.374 e. The molecule has 0 saturated carbocycles. The van der Waals surface area contributed by atoms with E-state index >= 15 is 0 Å². The number of carbonyl (C=O) groups excluding carboxylic acids is 2. The Morgan fingerprint density at radius 1 is 1.44 bits per heavy atom. The summed E-state index contributed by atoms with van der Waals surface area (Å²) in [6.45, 7) is 1.29. The van der Waals surface area contributed by atoms with Gasteiger partial charge in [0.05, 0.1) is 0 Å². The number of fused-ring (bicyclic) bond motifs is 1. The van der Waals surface area contributed by atoms with Crippen molar-refractivity contribution in [3.05, 3.63) is 35.4 Å². The van der Waals surface area contributed by atoms with Crippen molar-refractivity contribution < 1.29 is 14.7 Å². The Hall–Kier alpha value is -1.39. The number of benzene rings is 1. The maximum absolute atomic E-state index is 11.9. The van der Waals surface area contributed by atoms with Gasteiger partial charge in [-0.05, 0) is 6.92 Å². The molecule has 0 aromatic heterocycles. The van der Waals surface area contributed by atoms with Gasteiger partial charge >= 0.3 is 0 Å². The van der Waals surface area contributed by atoms with Crippen molar-refractivity contribution in [1.82, 2.24) is 0 Å². The van der Waals surface area contributed by atoms with Crippen molar-refractivity contribution in [3.63, 3.8) is 0 Å². The molecular weight excluding hydrogens is 230 g/mol. The highest BCUT2D eigenvalue weighted by molar-refractivity contribution is 6.42. The van der Waals surface area contributed by atoms with Gasteiger partial charge < -0.3 is 10.8 Å². The molecule has 1 aromatic rings. The Morgan fingerprint density at radius 2 is 2.00 bits per heavy atom. The third-order valence-corrected chi connectivity index (χ3v) is 3.47. The van der Waals surface area contributed by atoms with E-state index in [0.717, 1.165) is 0 Å². The first-order valence-electron chi connectivity index (χ1n) is 4.69. The smallest absolute Gasteiger partial charge is 0.256 e. The molecule has 0 bridgehead atoms. The molecule has 16 heavy (non-hydrogen) atoms. The van der Waals surface area contributed by atoms with E-state index < -0.39 is 22.2 Å². The molecule has 2 atom stereocenters. The Bertz CT molecular complexity index is 498. The van der Waals surface area contributed by atoms with Crippen LogP contribution in [0.25, 0.3) is 0 Å². The number of primary amides is 1. The predicted molar refractivity (Wildman–Crippen MR) is 58.1 cm³/mol. The molecule has 0 radical (unpaired) electrons. The molecule has 0 spiro atoms. The summed E-state index contributed by atoms with van der Waals surface area (Å²) in [5.74, 6) is -1.52. The highest BCUT2D eigenvalue weighted by atomic mass is 35.5. The summed E-state index contributed by atoms with van der Waals surface area (Å²) >= 11 is 5.99. The average Bonchev–Trinajstić information content (AvgIpc) is 2.40. The lowest BCUT2D eigenvalue weighted by Crippen LogP contribution is -2.54. The van der Waals surface area contributed by atoms with Crippen LogP contribution in [0.5, 0.6) is 0 Å². The molecule has 1 amide bonds. The second-order valence-corrected chi connectivity index (χ2v) is 4.71. The van der Waals surface area contributed by atoms with Crippen LogP contribution < -0.4 is 5.73 Å². The van der Waals surface area contributed by atoms with Crippen LogP contribution in [0.1, 0.15) is 22.8 Å². The van der Waals surface area contributed by atoms with Crippen molar-refractivity contribution in [2.24, 2.45) is 5.73 Å². The van der Waals surface area contributed by atoms with Crippen LogP contribution in [0.15, 0.2) is 24.3 Å². The number of amides is 1. The lowest BCUT2D eigenvalue weighted by molar-refractivity contribution is -0.138. The molecule has 0 saturated heterocycles. The molecule has 0 aliphatic heterocycles. The number of alkyl halides is 1. The summed E-state index contributed by atoms with van der Waals surface area (Å²) in [4.78, 5) is 21.6. The fraction of sp³-hybridized carbons (Fsp3) is 0.273. The highest BCUT2D eigenvalue weighted by Crippen LogP contribution is 2.47. The molecule has 1 aliphatic rings. The molecule has 1 aliphatic carbocycles. The quantitative estimate of drug-likeness (QED) is 0.703. The second-order valence-electron chi connectivity index (χ2n) is 3.95. The maximum atomic E-state index is 11.9. The van der Waals surface area contributed by atoms with E-state index in [-0.39, 0.29) is 11.1 Å². The van der Waals surface area contributed by atoms with Crippen molar-refractivity contribution >= 4 is 23.3 Å². The lowest BCUT2D eigenvalue weighted by Gasteiger charge is -2.30. The van der Waals surface area contributed by atoms with Gasteiger partial charge in [-0.15, -0.1) is 11.6 Å². The van der Waals surface area contributed by atoms with Crippen LogP contribution in [0, 0.1) is 0 Å². The highest BCUT2D eigenvalue weighted by Gasteiger charge is 2.62. The Morgan fingerprint density at radius 3 is 2.56 bits per heavy atom. The van der Waals surface area contributed by atoms with Crippen molar-refractivity contribution in [2.75, 3.05) is 0 Å². The molecular formula is C11H10ClNO3. The number of aliphatic hydroxyl groups is 1. The van der Waals surface area contributed by atoms with E-state index in [2.05, 4.69) is 0 Å². The van der Waals surface area contributed by atoms with E-state index in [1.807, 2.05) is 0 Å². The first-order chi connectivity index (χ1) is 7.33. The second kappa shape index (κ2) is 3.06. The number of hydrogen-bond acceptors (Lipinski definition) is 3. The molecule has 4 nitrogen and oxygen atoms in total. The number of rotatable bonds is 1. The van der Waals surface area contributed by atoms with Crippen LogP contribution >= 0.6 is 11.6 Å². The van der Waals surface area contributed by atoms with Crippen LogP contribution in [-0.2, 0) is 10.4 Å². The maximum Gasteiger partial charge on any atom is 0.256 e. The zero-order chi connectivity index (χ0) is 12.1. The van der Waals surface area contributed by atoms with E-state index in [1.54, 1.807) is 12.1 Å². The Balaban J connectivity index is 2.80. The molecule has 0 fully saturated rings. The third kappa shape index (κ3) is 1.03. The van der Waals surface area contributed by atoms with Crippen molar-refractivity contribution in [1.29, 1.82) is 0 Å². The SMILES string of the molecule is C[C@]1(Cl)C(=O)c2ccccc2[C@@]1(O)C(N)=O. The number of halogens is 1. The van der Waals surface area contributed by atoms with E-state index in [1.165, 1.54) is 19.1 Å². The normalized spacial score (nSPS) is 32.6. The number of nitrogens with two attached hydrogens (primary N) is 1. The van der Waals surface area contributed by atoms with Gasteiger partial charge in [0.2, 0.25) is 0 Å². The molecule has 3 N–H and O–H groups in total. The van der Waals surface area contributed by atoms with Gasteiger partial charge in [0.15, 0.2) is 11.4 Å². The largest absolute Gasteiger partial charge is 0.374 e. The Labute approximate surface area is 97.0 Å². The standard InChI is InChI=1S/C11H10ClNO3/c1-10(12)8(14)6-4-2-3-5-7(6)11(10,16)9(13)15/h2-5,16H,1H3,(H2,13,15)/t10-,11+/m0/s1. The summed E-state index contributed by atoms with van der Waals surface area (Å²) in [6.07, 6.45) is 0. The van der Waals surface area contributed by atoms with Gasteiger partial charge in [-0.1, -0.05) is 24.3 Å². The summed E-state index contributed by atoms with van der Waals surface area (Å²) in [5, 5.41) is 10.3. The first-order valence-corrected chi connectivity index (χ1v) is 5.06. The molecule has 1 aromatic carbocycles. The zero-order valence-electron chi connectivity index (χ0n) is 8.53. The average molecular weight is 240 g/mol. The van der Waals surface area contributed by atoms with Crippen molar-refractivity contribution in [3.8, 4) is 0 Å². The predicted octanol–water partition coefficient (Wildman–Crippen LogP) is 0.553. The minimum atomic E-state index is -2.15. The molecule has 0 heterocycles. The van der Waals surface area contributed by atoms with Gasteiger partial charge in [0, 0.05) is 11.1 Å². The van der Waals surface area contributed by atoms with Gasteiger partial charge in [-0.3, -0.25) is 9.59 Å². The van der Waals surface area contributed by atoms with Gasteiger partial charge in [-0.25, -0.2) is 0 Å². The lowest BCUT2D eigenvalue weighted by atomic mass is 9.87. The van der Waals surface area contributed by atoms with Crippen LogP contribution in [0.4, 0.5) is 0 Å². The van der Waals surface area contributed by atoms with E-state index in [9.17, 15) is 14.7 Å². The number of hydrogen-bond donors (Lipinski definition) is 2. The summed E-state index contributed by atoms with van der Waals surface area (Å²) in [5.41, 5.74) is 3.42. The van der Waals surface area contributed by atoms with Gasteiger partial charge in [0.25, 0.3) is 5.91 Å². The van der Waals surface area contributed by atoms with Crippen LogP contribution in [0.2, 0.25) is 0 Å². The zero-order valence-corrected chi connectivity index (χ0v) is 9.28. The van der Waals surface area contributed by atoms with Crippen LogP contribution in [-0.4, -0.2) is 21.7 Å². The Kier molecular flexibility index (Phi) is 2.12. The molecule has 2 rings (SSSR count). The number of ketones is 1. The first kappa shape index (κ1) is 11.1. The van der Waals surface area contributed by atoms with Gasteiger partial charge in [-0.2, -0.15) is 0 Å². The number of carbonyl (C=O) groups is 2. The van der Waals surface area contributed by atoms with E-state index in [4.69, 9.17) is 17.3 Å². The summed E-state index contributed by atoms with van der Waals surface area (Å²) < 4.78 is 0. The molecule has 5 heteroatoms. The number of Topliss-reactive ketones (excluding diaryl/α,β-unsaturated/α-hetero) is 1.